The van der Waals surface area contributed by atoms with Gasteiger partial charge in [-0.05, 0) is 18.6 Å². The smallest absolute Gasteiger partial charge is 0.212 e. The number of methoxy groups -OCH3 is 2. The van der Waals surface area contributed by atoms with E-state index in [1.165, 1.54) is 11.1 Å². The van der Waals surface area contributed by atoms with Gasteiger partial charge in [-0.3, -0.25) is 0 Å². The molecular weight excluding hydrogens is 460 g/mol. The molecule has 7 rings (SSSR count). The Kier molecular flexibility index (Phi) is 5.07. The van der Waals surface area contributed by atoms with Gasteiger partial charge in [0.15, 0.2) is 5.75 Å². The second kappa shape index (κ2) is 8.17. The summed E-state index contributed by atoms with van der Waals surface area (Å²) >= 11 is 0. The van der Waals surface area contributed by atoms with E-state index in [1.54, 1.807) is 14.2 Å². The molecule has 4 aromatic heterocycles. The lowest BCUT2D eigenvalue weighted by atomic mass is 9.95. The number of hydrogen-bond acceptors (Lipinski definition) is 3. The summed E-state index contributed by atoms with van der Waals surface area (Å²) in [7, 11) is 3.46. The maximum absolute atomic E-state index is 5.93. The molecule has 176 valence electrons. The number of pyridine rings is 2. The molecule has 0 fully saturated rings. The van der Waals surface area contributed by atoms with Gasteiger partial charge < -0.3 is 31.8 Å². The van der Waals surface area contributed by atoms with E-state index in [0.717, 1.165) is 74.7 Å². The minimum Gasteiger partial charge on any atom is -1.00 e. The van der Waals surface area contributed by atoms with Gasteiger partial charge in [0, 0.05) is 34.6 Å². The fraction of sp³-hybridized carbons (Fsp3) is 0.214. The number of hydrogen-bond donors (Lipinski definition) is 2. The number of H-pyrrole nitrogens is 2. The van der Waals surface area contributed by atoms with Crippen molar-refractivity contribution < 1.29 is 26.4 Å². The maximum atomic E-state index is 5.93. The molecule has 6 aromatic rings. The topological polar surface area (TPSA) is 66.8 Å². The lowest BCUT2D eigenvalue weighted by molar-refractivity contribution is -0.725. The third-order valence-corrected chi connectivity index (χ3v) is 7.32. The van der Waals surface area contributed by atoms with E-state index in [9.17, 15) is 0 Å². The van der Waals surface area contributed by atoms with Crippen LogP contribution >= 0.6 is 0 Å². The first-order valence-electron chi connectivity index (χ1n) is 11.7. The van der Waals surface area contributed by atoms with Crippen LogP contribution in [0.15, 0.2) is 60.9 Å². The highest BCUT2D eigenvalue weighted by atomic mass is 35.5. The minimum absolute atomic E-state index is 0. The number of nitrogens with zero attached hydrogens (tertiary/aromatic N) is 2. The molecule has 5 heterocycles. The zero-order chi connectivity index (χ0) is 22.8. The monoisotopic (exact) mass is 484 g/mol. The fourth-order valence-corrected chi connectivity index (χ4v) is 5.82. The molecule has 0 aliphatic carbocycles. The largest absolute Gasteiger partial charge is 1.00 e. The van der Waals surface area contributed by atoms with E-state index in [-0.39, 0.29) is 18.4 Å². The summed E-state index contributed by atoms with van der Waals surface area (Å²) in [4.78, 5) is 12.3. The highest BCUT2D eigenvalue weighted by Gasteiger charge is 2.36. The van der Waals surface area contributed by atoms with Gasteiger partial charge in [0.1, 0.15) is 17.0 Å². The van der Waals surface area contributed by atoms with Crippen molar-refractivity contribution in [3.63, 3.8) is 0 Å². The first-order chi connectivity index (χ1) is 16.8. The quantitative estimate of drug-likeness (QED) is 0.379. The van der Waals surface area contributed by atoms with Gasteiger partial charge in [-0.15, -0.1) is 0 Å². The van der Waals surface area contributed by atoms with Crippen molar-refractivity contribution in [2.24, 2.45) is 0 Å². The zero-order valence-corrected chi connectivity index (χ0v) is 20.3. The Hall–Kier alpha value is -3.77. The lowest BCUT2D eigenvalue weighted by Crippen LogP contribution is -3.00. The predicted octanol–water partition coefficient (Wildman–Crippen LogP) is 2.58. The Morgan fingerprint density at radius 1 is 0.857 bits per heavy atom. The van der Waals surface area contributed by atoms with Gasteiger partial charge in [0.05, 0.1) is 36.7 Å². The molecule has 2 N–H and O–H groups in total. The van der Waals surface area contributed by atoms with Crippen LogP contribution < -0.4 is 26.4 Å². The lowest BCUT2D eigenvalue weighted by Gasteiger charge is -2.21. The summed E-state index contributed by atoms with van der Waals surface area (Å²) < 4.78 is 14.0. The Morgan fingerprint density at radius 2 is 1.49 bits per heavy atom. The van der Waals surface area contributed by atoms with E-state index in [2.05, 4.69) is 69.3 Å². The Morgan fingerprint density at radius 3 is 2.17 bits per heavy atom. The standard InChI is InChI=1S/C28H24N4O2.ClH/c1-33-22-14-29-27(28-24(22)16-8-3-6-11-19(16)31-28)21-13-7-12-20-26-25(23(34-2)15-32(20)21)17-9-4-5-10-18(17)30-26;/h3-6,8-11,14-15,21H,7,12-13H2,1-2H3,(H,29,31);1H. The van der Waals surface area contributed by atoms with Gasteiger partial charge in [-0.1, -0.05) is 36.4 Å². The number of rotatable bonds is 3. The van der Waals surface area contributed by atoms with Crippen LogP contribution in [0, 0.1) is 0 Å². The van der Waals surface area contributed by atoms with Gasteiger partial charge >= 0.3 is 0 Å². The maximum Gasteiger partial charge on any atom is 0.212 e. The summed E-state index contributed by atoms with van der Waals surface area (Å²) in [5, 5.41) is 4.60. The summed E-state index contributed by atoms with van der Waals surface area (Å²) in [5.41, 5.74) is 6.76. The van der Waals surface area contributed by atoms with Crippen LogP contribution in [0.2, 0.25) is 0 Å². The minimum atomic E-state index is 0. The molecule has 0 bridgehead atoms. The average molecular weight is 485 g/mol. The Bertz CT molecular complexity index is 1740. The molecule has 0 saturated heterocycles. The van der Waals surface area contributed by atoms with Crippen LogP contribution in [0.5, 0.6) is 11.5 Å². The van der Waals surface area contributed by atoms with Gasteiger partial charge in [-0.2, -0.15) is 4.57 Å². The van der Waals surface area contributed by atoms with Crippen molar-refractivity contribution in [1.29, 1.82) is 0 Å². The molecule has 6 nitrogen and oxygen atoms in total. The molecule has 0 amide bonds. The molecule has 0 spiro atoms. The van der Waals surface area contributed by atoms with E-state index >= 15 is 0 Å². The van der Waals surface area contributed by atoms with Crippen LogP contribution in [0.1, 0.15) is 30.3 Å². The molecule has 2 aromatic carbocycles. The third-order valence-electron chi connectivity index (χ3n) is 7.32. The number of halogens is 1. The van der Waals surface area contributed by atoms with E-state index in [0.29, 0.717) is 0 Å². The van der Waals surface area contributed by atoms with Crippen molar-refractivity contribution >= 4 is 43.6 Å². The van der Waals surface area contributed by atoms with Gasteiger partial charge in [0.2, 0.25) is 17.9 Å². The predicted molar refractivity (Wildman–Crippen MR) is 134 cm³/mol. The van der Waals surface area contributed by atoms with E-state index in [4.69, 9.17) is 14.5 Å². The molecule has 35 heavy (non-hydrogen) atoms. The highest BCUT2D eigenvalue weighted by Crippen LogP contribution is 2.40. The van der Waals surface area contributed by atoms with Gasteiger partial charge in [0.25, 0.3) is 0 Å². The Labute approximate surface area is 208 Å². The summed E-state index contributed by atoms with van der Waals surface area (Å²) in [5.74, 6) is 1.67. The number of benzene rings is 2. The van der Waals surface area contributed by atoms with Crippen molar-refractivity contribution in [3.8, 4) is 11.5 Å². The molecule has 0 saturated carbocycles. The number of para-hydroxylation sites is 2. The average Bonchev–Trinajstić information content (AvgIpc) is 3.47. The number of fused-ring (bicyclic) bond motifs is 8. The fourth-order valence-electron chi connectivity index (χ4n) is 5.82. The number of aromatic amines is 2. The first-order valence-corrected chi connectivity index (χ1v) is 11.7. The normalized spacial score (nSPS) is 15.4. The van der Waals surface area contributed by atoms with E-state index < -0.39 is 0 Å². The molecule has 1 aliphatic rings. The first kappa shape index (κ1) is 21.7. The number of aryl methyl sites for hydroxylation is 1. The summed E-state index contributed by atoms with van der Waals surface area (Å²) in [6.45, 7) is 0. The van der Waals surface area contributed by atoms with Crippen molar-refractivity contribution in [2.75, 3.05) is 14.2 Å². The highest BCUT2D eigenvalue weighted by molar-refractivity contribution is 6.11. The van der Waals surface area contributed by atoms with Gasteiger partial charge in [-0.25, -0.2) is 4.98 Å². The molecule has 1 aliphatic heterocycles. The van der Waals surface area contributed by atoms with Crippen LogP contribution in [0.4, 0.5) is 0 Å². The summed E-state index contributed by atoms with van der Waals surface area (Å²) in [6, 6.07) is 16.9. The van der Waals surface area contributed by atoms with Crippen LogP contribution in [-0.4, -0.2) is 29.2 Å². The second-order valence-electron chi connectivity index (χ2n) is 9.01. The van der Waals surface area contributed by atoms with Crippen LogP contribution in [0.3, 0.4) is 0 Å². The summed E-state index contributed by atoms with van der Waals surface area (Å²) in [6.07, 6.45) is 7.15. The number of nitrogens with one attached hydrogen (secondary N) is 2. The third kappa shape index (κ3) is 3.03. The SMILES string of the molecule is COc1cnc(C2CCCc3c4[nH]c5ccccc5c4c(OC)c[n+]32)c2[nH]c3ccccc3c12.[Cl-]. The zero-order valence-electron chi connectivity index (χ0n) is 19.6. The molecule has 1 atom stereocenters. The number of aromatic nitrogens is 4. The molecule has 1 unspecified atom stereocenters. The van der Waals surface area contributed by atoms with E-state index in [1.807, 2.05) is 6.20 Å². The van der Waals surface area contributed by atoms with Crippen molar-refractivity contribution in [1.82, 2.24) is 15.0 Å². The second-order valence-corrected chi connectivity index (χ2v) is 9.01. The van der Waals surface area contributed by atoms with Crippen LogP contribution in [-0.2, 0) is 6.42 Å². The van der Waals surface area contributed by atoms with Crippen molar-refractivity contribution in [3.05, 3.63) is 72.3 Å². The Balaban J connectivity index is 0.00000229. The van der Waals surface area contributed by atoms with Crippen LogP contribution in [0.25, 0.3) is 43.6 Å². The number of ether oxygens (including phenoxy) is 2. The van der Waals surface area contributed by atoms with Crippen molar-refractivity contribution in [2.45, 2.75) is 25.3 Å². The molecular formula is C28H25ClN4O2. The molecule has 7 heteroatoms. The molecule has 0 radical (unpaired) electrons.